The average Bonchev–Trinajstić information content (AvgIpc) is 3.08. The van der Waals surface area contributed by atoms with E-state index in [2.05, 4.69) is 48.0 Å². The first-order valence-electron chi connectivity index (χ1n) is 15.7. The molecule has 0 spiro atoms. The van der Waals surface area contributed by atoms with Gasteiger partial charge in [0.2, 0.25) is 10.0 Å². The predicted octanol–water partition coefficient (Wildman–Crippen LogP) is 9.10. The standard InChI is InChI=1S/C39H34N4O4S/c1-5-39(2,3)24-19-21-26(22-20-24)47-32-23-31(40-25-13-7-6-8-14-25)34-35-33(27-15-9-10-16-28(27)38(34)44)36(41-42-37(32)35)29-17-11-12-18-30(29)43-48(4,45)46/h6-23,40,43H,5H2,1-4H3. The summed E-state index contributed by atoms with van der Waals surface area (Å²) in [6, 6.07) is 33.9. The lowest BCUT2D eigenvalue weighted by Crippen LogP contribution is -2.16. The molecule has 0 bridgehead atoms. The first-order valence-corrected chi connectivity index (χ1v) is 17.6. The Balaban J connectivity index is 1.52. The molecule has 1 heterocycles. The van der Waals surface area contributed by atoms with Crippen LogP contribution in [0, 0.1) is 0 Å². The van der Waals surface area contributed by atoms with Gasteiger partial charge in [-0.1, -0.05) is 93.6 Å². The summed E-state index contributed by atoms with van der Waals surface area (Å²) >= 11 is 0. The van der Waals surface area contributed by atoms with Gasteiger partial charge in [-0.15, -0.1) is 10.2 Å². The van der Waals surface area contributed by atoms with Crippen LogP contribution in [0.25, 0.3) is 33.3 Å². The number of hydrogen-bond donors (Lipinski definition) is 2. The van der Waals surface area contributed by atoms with Crippen molar-refractivity contribution in [3.8, 4) is 33.9 Å². The third kappa shape index (κ3) is 5.66. The fourth-order valence-electron chi connectivity index (χ4n) is 6.12. The fourth-order valence-corrected chi connectivity index (χ4v) is 6.69. The largest absolute Gasteiger partial charge is 0.455 e. The van der Waals surface area contributed by atoms with Gasteiger partial charge in [-0.05, 0) is 53.3 Å². The Morgan fingerprint density at radius 3 is 2.08 bits per heavy atom. The van der Waals surface area contributed by atoms with E-state index in [-0.39, 0.29) is 11.2 Å². The quantitative estimate of drug-likeness (QED) is 0.160. The van der Waals surface area contributed by atoms with Crippen LogP contribution in [-0.2, 0) is 15.4 Å². The molecule has 9 heteroatoms. The zero-order valence-corrected chi connectivity index (χ0v) is 27.9. The lowest BCUT2D eigenvalue weighted by atomic mass is 9.81. The van der Waals surface area contributed by atoms with E-state index in [0.717, 1.165) is 18.4 Å². The topological polar surface area (TPSA) is 110 Å². The highest BCUT2D eigenvalue weighted by Gasteiger charge is 2.33. The van der Waals surface area contributed by atoms with E-state index in [1.54, 1.807) is 30.3 Å². The summed E-state index contributed by atoms with van der Waals surface area (Å²) in [5.41, 5.74) is 6.57. The predicted molar refractivity (Wildman–Crippen MR) is 192 cm³/mol. The van der Waals surface area contributed by atoms with Gasteiger partial charge in [0.05, 0.1) is 23.2 Å². The third-order valence-corrected chi connectivity index (χ3v) is 9.54. The molecule has 0 aliphatic heterocycles. The van der Waals surface area contributed by atoms with E-state index in [0.29, 0.717) is 67.3 Å². The summed E-state index contributed by atoms with van der Waals surface area (Å²) in [4.78, 5) is 14.4. The highest BCUT2D eigenvalue weighted by molar-refractivity contribution is 7.92. The van der Waals surface area contributed by atoms with Crippen LogP contribution in [0.15, 0.2) is 109 Å². The molecule has 0 unspecified atom stereocenters. The highest BCUT2D eigenvalue weighted by Crippen LogP contribution is 2.49. The number of ether oxygens (including phenoxy) is 1. The molecule has 2 N–H and O–H groups in total. The smallest absolute Gasteiger partial charge is 0.229 e. The van der Waals surface area contributed by atoms with E-state index in [9.17, 15) is 13.2 Å². The van der Waals surface area contributed by atoms with E-state index in [1.165, 1.54) is 5.56 Å². The van der Waals surface area contributed by atoms with Crippen LogP contribution in [0.1, 0.15) is 48.7 Å². The Labute approximate surface area is 279 Å². The van der Waals surface area contributed by atoms with Crippen molar-refractivity contribution in [2.45, 2.75) is 32.6 Å². The molecule has 0 saturated carbocycles. The van der Waals surface area contributed by atoms with Crippen molar-refractivity contribution in [2.75, 3.05) is 16.3 Å². The van der Waals surface area contributed by atoms with Crippen LogP contribution in [-0.4, -0.2) is 30.7 Å². The number of benzene rings is 5. The Kier molecular flexibility index (Phi) is 7.72. The summed E-state index contributed by atoms with van der Waals surface area (Å²) in [5.74, 6) is 0.870. The molecule has 0 fully saturated rings. The number of ketones is 1. The van der Waals surface area contributed by atoms with Gasteiger partial charge in [0, 0.05) is 33.8 Å². The molecular formula is C39H34N4O4S. The maximum atomic E-state index is 14.4. The van der Waals surface area contributed by atoms with Gasteiger partial charge in [-0.25, -0.2) is 8.42 Å². The van der Waals surface area contributed by atoms with E-state index in [1.807, 2.05) is 66.7 Å². The summed E-state index contributed by atoms with van der Waals surface area (Å²) in [6.45, 7) is 6.59. The van der Waals surface area contributed by atoms with Gasteiger partial charge < -0.3 is 10.1 Å². The molecule has 48 heavy (non-hydrogen) atoms. The molecule has 1 aliphatic rings. The summed E-state index contributed by atoms with van der Waals surface area (Å²) < 4.78 is 33.9. The van der Waals surface area contributed by atoms with Crippen LogP contribution in [0.3, 0.4) is 0 Å². The number of nitrogens with zero attached hydrogens (tertiary/aromatic N) is 2. The van der Waals surface area contributed by atoms with Crippen LogP contribution in [0.4, 0.5) is 17.1 Å². The minimum atomic E-state index is -3.61. The van der Waals surface area contributed by atoms with Crippen molar-refractivity contribution in [1.29, 1.82) is 0 Å². The summed E-state index contributed by atoms with van der Waals surface area (Å²) in [5, 5.41) is 13.4. The first kappa shape index (κ1) is 31.1. The number of carbonyl (C=O) groups is 1. The lowest BCUT2D eigenvalue weighted by molar-refractivity contribution is 0.104. The number of hydrogen-bond acceptors (Lipinski definition) is 7. The number of carbonyl (C=O) groups excluding carboxylic acids is 1. The Hall–Kier alpha value is -5.54. The van der Waals surface area contributed by atoms with Gasteiger partial charge in [0.25, 0.3) is 0 Å². The summed E-state index contributed by atoms with van der Waals surface area (Å²) in [7, 11) is -3.61. The van der Waals surface area contributed by atoms with Crippen molar-refractivity contribution in [3.63, 3.8) is 0 Å². The molecule has 0 radical (unpaired) electrons. The Morgan fingerprint density at radius 2 is 1.40 bits per heavy atom. The van der Waals surface area contributed by atoms with Gasteiger partial charge >= 0.3 is 0 Å². The second kappa shape index (κ2) is 11.9. The molecule has 1 aromatic heterocycles. The van der Waals surface area contributed by atoms with E-state index in [4.69, 9.17) is 9.84 Å². The number of aromatic nitrogens is 2. The average molecular weight is 655 g/mol. The van der Waals surface area contributed by atoms with Crippen molar-refractivity contribution < 1.29 is 17.9 Å². The second-order valence-corrected chi connectivity index (χ2v) is 14.3. The van der Waals surface area contributed by atoms with Crippen molar-refractivity contribution >= 4 is 43.8 Å². The first-order chi connectivity index (χ1) is 23.0. The SMILES string of the molecule is CCC(C)(C)c1ccc(Oc2cc(Nc3ccccc3)c3c4c(c(-c5ccccc5NS(C)(=O)=O)nnc24)-c2ccccc2C3=O)cc1. The highest BCUT2D eigenvalue weighted by atomic mass is 32.2. The van der Waals surface area contributed by atoms with Crippen molar-refractivity contribution in [3.05, 3.63) is 126 Å². The number of rotatable bonds is 9. The number of anilines is 3. The molecule has 5 aromatic carbocycles. The zero-order valence-electron chi connectivity index (χ0n) is 27.0. The van der Waals surface area contributed by atoms with Crippen LogP contribution >= 0.6 is 0 Å². The number of para-hydroxylation sites is 2. The maximum Gasteiger partial charge on any atom is 0.229 e. The summed E-state index contributed by atoms with van der Waals surface area (Å²) in [6.07, 6.45) is 2.10. The molecule has 0 amide bonds. The number of nitrogens with one attached hydrogen (secondary N) is 2. The second-order valence-electron chi connectivity index (χ2n) is 12.6. The van der Waals surface area contributed by atoms with Gasteiger partial charge in [-0.2, -0.15) is 0 Å². The lowest BCUT2D eigenvalue weighted by Gasteiger charge is -2.26. The van der Waals surface area contributed by atoms with E-state index >= 15 is 0 Å². The van der Waals surface area contributed by atoms with Crippen LogP contribution in [0.2, 0.25) is 0 Å². The van der Waals surface area contributed by atoms with Crippen molar-refractivity contribution in [1.82, 2.24) is 10.2 Å². The molecule has 6 aromatic rings. The molecule has 8 nitrogen and oxygen atoms in total. The minimum absolute atomic E-state index is 0.0173. The molecule has 7 rings (SSSR count). The molecule has 0 atom stereocenters. The Bertz CT molecular complexity index is 2320. The third-order valence-electron chi connectivity index (χ3n) is 8.95. The zero-order chi connectivity index (χ0) is 33.6. The molecule has 0 saturated heterocycles. The van der Waals surface area contributed by atoms with Crippen LogP contribution < -0.4 is 14.8 Å². The molecule has 1 aliphatic carbocycles. The fraction of sp³-hybridized carbons (Fsp3) is 0.154. The Morgan fingerprint density at radius 1 is 0.750 bits per heavy atom. The van der Waals surface area contributed by atoms with Gasteiger partial charge in [0.15, 0.2) is 11.5 Å². The normalized spacial score (nSPS) is 12.5. The molecular weight excluding hydrogens is 621 g/mol. The maximum absolute atomic E-state index is 14.4. The van der Waals surface area contributed by atoms with Crippen LogP contribution in [0.5, 0.6) is 11.5 Å². The van der Waals surface area contributed by atoms with Gasteiger partial charge in [-0.3, -0.25) is 9.52 Å². The number of sulfonamides is 1. The molecule has 240 valence electrons. The van der Waals surface area contributed by atoms with Crippen molar-refractivity contribution in [2.24, 2.45) is 0 Å². The number of fused-ring (bicyclic) bond motifs is 2. The van der Waals surface area contributed by atoms with E-state index < -0.39 is 10.0 Å². The monoisotopic (exact) mass is 654 g/mol. The van der Waals surface area contributed by atoms with Gasteiger partial charge in [0.1, 0.15) is 17.0 Å². The minimum Gasteiger partial charge on any atom is -0.455 e.